The highest BCUT2D eigenvalue weighted by Gasteiger charge is 2.32. The minimum atomic E-state index is -0.245. The fourth-order valence-electron chi connectivity index (χ4n) is 3.23. The summed E-state index contributed by atoms with van der Waals surface area (Å²) in [7, 11) is 0. The van der Waals surface area contributed by atoms with Gasteiger partial charge in [-0.3, -0.25) is 9.59 Å². The molecule has 1 aromatic rings. The molecule has 2 aliphatic rings. The number of hydrogen-bond acceptors (Lipinski definition) is 3. The number of esters is 1. The Hall–Kier alpha value is -1.84. The van der Waals surface area contributed by atoms with Crippen LogP contribution in [-0.2, 0) is 20.7 Å². The van der Waals surface area contributed by atoms with Crippen LogP contribution in [0.2, 0.25) is 0 Å². The van der Waals surface area contributed by atoms with Gasteiger partial charge >= 0.3 is 5.97 Å². The first-order chi connectivity index (χ1) is 9.66. The number of ether oxygens (including phenoxy) is 1. The second-order valence-corrected chi connectivity index (χ2v) is 5.54. The van der Waals surface area contributed by atoms with Crippen LogP contribution in [0.1, 0.15) is 43.2 Å². The lowest BCUT2D eigenvalue weighted by Crippen LogP contribution is -2.37. The average molecular weight is 273 g/mol. The first-order valence-corrected chi connectivity index (χ1v) is 7.22. The molecular weight excluding hydrogens is 254 g/mol. The van der Waals surface area contributed by atoms with E-state index in [1.165, 1.54) is 12.5 Å². The number of hydrogen-bond donors (Lipinski definition) is 0. The van der Waals surface area contributed by atoms with Crippen LogP contribution in [0.5, 0.6) is 0 Å². The van der Waals surface area contributed by atoms with E-state index in [4.69, 9.17) is 4.74 Å². The molecule has 1 aromatic carbocycles. The van der Waals surface area contributed by atoms with Crippen molar-refractivity contribution in [1.82, 2.24) is 0 Å². The summed E-state index contributed by atoms with van der Waals surface area (Å²) in [4.78, 5) is 25.2. The zero-order valence-electron chi connectivity index (χ0n) is 11.7. The summed E-state index contributed by atoms with van der Waals surface area (Å²) in [5.74, 6) is 0.184. The zero-order valence-corrected chi connectivity index (χ0v) is 11.7. The average Bonchev–Trinajstić information content (AvgIpc) is 2.59. The lowest BCUT2D eigenvalue weighted by Gasteiger charge is -2.34. The van der Waals surface area contributed by atoms with E-state index in [1.54, 1.807) is 0 Å². The van der Waals surface area contributed by atoms with Crippen LogP contribution in [0.25, 0.3) is 0 Å². The third-order valence-electron chi connectivity index (χ3n) is 4.19. The molecule has 106 valence electrons. The Morgan fingerprint density at radius 2 is 2.25 bits per heavy atom. The maximum absolute atomic E-state index is 12.2. The van der Waals surface area contributed by atoms with Crippen LogP contribution in [-0.4, -0.2) is 25.0 Å². The molecule has 1 atom stereocenters. The van der Waals surface area contributed by atoms with Gasteiger partial charge in [-0.2, -0.15) is 0 Å². The van der Waals surface area contributed by atoms with E-state index < -0.39 is 0 Å². The van der Waals surface area contributed by atoms with Crippen molar-refractivity contribution < 1.29 is 14.3 Å². The molecule has 0 saturated heterocycles. The molecule has 4 nitrogen and oxygen atoms in total. The molecule has 20 heavy (non-hydrogen) atoms. The number of aryl methyl sites for hydroxylation is 1. The fourth-order valence-corrected chi connectivity index (χ4v) is 3.23. The lowest BCUT2D eigenvalue weighted by atomic mass is 9.88. The normalized spacial score (nSPS) is 21.1. The van der Waals surface area contributed by atoms with Gasteiger partial charge in [-0.1, -0.05) is 18.2 Å². The number of carbonyl (C=O) groups excluding carboxylic acids is 2. The molecule has 0 N–H and O–H groups in total. The van der Waals surface area contributed by atoms with Crippen LogP contribution in [0.3, 0.4) is 0 Å². The van der Waals surface area contributed by atoms with Gasteiger partial charge in [-0.05, 0) is 30.4 Å². The summed E-state index contributed by atoms with van der Waals surface area (Å²) in [5.41, 5.74) is 3.49. The van der Waals surface area contributed by atoms with Crippen LogP contribution >= 0.6 is 0 Å². The highest BCUT2D eigenvalue weighted by Crippen LogP contribution is 2.40. The molecule has 0 aliphatic carbocycles. The van der Waals surface area contributed by atoms with Gasteiger partial charge in [0.15, 0.2) is 0 Å². The highest BCUT2D eigenvalue weighted by atomic mass is 16.5. The number of amides is 1. The van der Waals surface area contributed by atoms with E-state index in [1.807, 2.05) is 11.0 Å². The Kier molecular flexibility index (Phi) is 3.47. The Morgan fingerprint density at radius 3 is 3.05 bits per heavy atom. The number of nitrogens with zero attached hydrogens (tertiary/aromatic N) is 1. The molecule has 0 fully saturated rings. The van der Waals surface area contributed by atoms with Gasteiger partial charge in [0.25, 0.3) is 0 Å². The SMILES string of the molecule is CC(=O)OCC1CCN2C(=O)CCCc3cccc1c32. The van der Waals surface area contributed by atoms with Crippen LogP contribution in [0.4, 0.5) is 5.69 Å². The molecule has 0 radical (unpaired) electrons. The van der Waals surface area contributed by atoms with E-state index in [2.05, 4.69) is 12.1 Å². The minimum Gasteiger partial charge on any atom is -0.465 e. The molecule has 0 spiro atoms. The minimum absolute atomic E-state index is 0.205. The van der Waals surface area contributed by atoms with Gasteiger partial charge in [0.1, 0.15) is 0 Å². The van der Waals surface area contributed by atoms with Crippen molar-refractivity contribution in [1.29, 1.82) is 0 Å². The van der Waals surface area contributed by atoms with Gasteiger partial charge in [-0.15, -0.1) is 0 Å². The first-order valence-electron chi connectivity index (χ1n) is 7.22. The highest BCUT2D eigenvalue weighted by molar-refractivity contribution is 5.96. The summed E-state index contributed by atoms with van der Waals surface area (Å²) in [5, 5.41) is 0. The van der Waals surface area contributed by atoms with Gasteiger partial charge in [0.05, 0.1) is 12.3 Å². The largest absolute Gasteiger partial charge is 0.465 e. The van der Waals surface area contributed by atoms with Gasteiger partial charge in [0.2, 0.25) is 5.91 Å². The second-order valence-electron chi connectivity index (χ2n) is 5.54. The summed E-state index contributed by atoms with van der Waals surface area (Å²) in [6.07, 6.45) is 3.35. The smallest absolute Gasteiger partial charge is 0.302 e. The molecule has 3 rings (SSSR count). The maximum Gasteiger partial charge on any atom is 0.302 e. The summed E-state index contributed by atoms with van der Waals surface area (Å²) in [6, 6.07) is 6.23. The topological polar surface area (TPSA) is 46.6 Å². The molecule has 0 aromatic heterocycles. The maximum atomic E-state index is 12.2. The van der Waals surface area contributed by atoms with E-state index in [0.717, 1.165) is 37.1 Å². The van der Waals surface area contributed by atoms with E-state index in [0.29, 0.717) is 13.0 Å². The number of anilines is 1. The number of carbonyl (C=O) groups is 2. The first kappa shape index (κ1) is 13.2. The van der Waals surface area contributed by atoms with Crippen molar-refractivity contribution in [3.63, 3.8) is 0 Å². The predicted molar refractivity (Wildman–Crippen MR) is 75.7 cm³/mol. The third-order valence-corrected chi connectivity index (χ3v) is 4.19. The summed E-state index contributed by atoms with van der Waals surface area (Å²) >= 11 is 0. The fraction of sp³-hybridized carbons (Fsp3) is 0.500. The van der Waals surface area contributed by atoms with Crippen molar-refractivity contribution in [2.24, 2.45) is 0 Å². The van der Waals surface area contributed by atoms with Crippen molar-refractivity contribution in [3.8, 4) is 0 Å². The molecule has 2 heterocycles. The Labute approximate surface area is 118 Å². The Balaban J connectivity index is 1.97. The number of rotatable bonds is 2. The summed E-state index contributed by atoms with van der Waals surface area (Å²) < 4.78 is 5.18. The molecule has 0 saturated carbocycles. The van der Waals surface area contributed by atoms with Crippen molar-refractivity contribution >= 4 is 17.6 Å². The molecule has 4 heteroatoms. The second kappa shape index (κ2) is 5.27. The predicted octanol–water partition coefficient (Wildman–Crippen LogP) is 2.41. The van der Waals surface area contributed by atoms with Crippen LogP contribution in [0, 0.1) is 0 Å². The standard InChI is InChI=1S/C16H19NO3/c1-11(18)20-10-13-8-9-17-15(19)7-3-5-12-4-2-6-14(13)16(12)17/h2,4,6,13H,3,5,7-10H2,1H3. The summed E-state index contributed by atoms with van der Waals surface area (Å²) in [6.45, 7) is 2.58. The van der Waals surface area contributed by atoms with E-state index >= 15 is 0 Å². The van der Waals surface area contributed by atoms with Crippen LogP contribution < -0.4 is 4.90 Å². The quantitative estimate of drug-likeness (QED) is 0.777. The molecule has 1 unspecified atom stereocenters. The molecule has 0 bridgehead atoms. The molecule has 2 aliphatic heterocycles. The van der Waals surface area contributed by atoms with Crippen molar-refractivity contribution in [3.05, 3.63) is 29.3 Å². The van der Waals surface area contributed by atoms with E-state index in [9.17, 15) is 9.59 Å². The van der Waals surface area contributed by atoms with Crippen molar-refractivity contribution in [2.75, 3.05) is 18.1 Å². The number of benzene rings is 1. The Bertz CT molecular complexity index is 553. The monoisotopic (exact) mass is 273 g/mol. The van der Waals surface area contributed by atoms with Gasteiger partial charge in [-0.25, -0.2) is 0 Å². The number of para-hydroxylation sites is 1. The van der Waals surface area contributed by atoms with E-state index in [-0.39, 0.29) is 17.8 Å². The zero-order chi connectivity index (χ0) is 14.1. The van der Waals surface area contributed by atoms with Crippen molar-refractivity contribution in [2.45, 2.75) is 38.5 Å². The van der Waals surface area contributed by atoms with Crippen LogP contribution in [0.15, 0.2) is 18.2 Å². The third kappa shape index (κ3) is 2.30. The molecule has 1 amide bonds. The van der Waals surface area contributed by atoms with Gasteiger partial charge in [0, 0.05) is 25.8 Å². The Morgan fingerprint density at radius 1 is 1.40 bits per heavy atom. The van der Waals surface area contributed by atoms with Gasteiger partial charge < -0.3 is 9.64 Å². The lowest BCUT2D eigenvalue weighted by molar-refractivity contribution is -0.141. The molecular formula is C16H19NO3.